The predicted molar refractivity (Wildman–Crippen MR) is 25.9 cm³/mol. The lowest BCUT2D eigenvalue weighted by Gasteiger charge is -1.80. The standard InChI is InChI=1S/OSSi3/c3-1-5-2-4. The van der Waals surface area contributed by atoms with Crippen LogP contribution in [0, 0.1) is 0 Å². The third-order valence-corrected chi connectivity index (χ3v) is 2.25. The fourth-order valence-corrected chi connectivity index (χ4v) is 1.69. The Balaban J connectivity index is 2.19. The van der Waals surface area contributed by atoms with E-state index in [1.165, 1.54) is 10.7 Å². The van der Waals surface area contributed by atoms with Crippen molar-refractivity contribution in [3.8, 4) is 0 Å². The van der Waals surface area contributed by atoms with Crippen molar-refractivity contribution in [1.29, 1.82) is 0 Å². The minimum Gasteiger partial charge on any atom is -0.449 e. The Labute approximate surface area is 44.1 Å². The molecule has 0 atom stereocenters. The van der Waals surface area contributed by atoms with E-state index in [1.54, 1.807) is 0 Å². The van der Waals surface area contributed by atoms with E-state index in [1.807, 2.05) is 0 Å². The Bertz CT molecular complexity index is 14.4. The van der Waals surface area contributed by atoms with E-state index >= 15 is 0 Å². The molecule has 0 aliphatic carbocycles. The molecule has 5 heavy (non-hydrogen) atoms. The molecule has 1 nitrogen and oxygen atoms in total. The quantitative estimate of drug-likeness (QED) is 0.466. The van der Waals surface area contributed by atoms with Gasteiger partial charge >= 0.3 is 0 Å². The Kier molecular flexibility index (Phi) is 5.91. The van der Waals surface area contributed by atoms with Gasteiger partial charge in [0, 0.05) is 0 Å². The van der Waals surface area contributed by atoms with Crippen molar-refractivity contribution < 1.29 is 4.12 Å². The maximum atomic E-state index is 4.44. The molecule has 0 aliphatic rings. The molecule has 0 saturated heterocycles. The lowest BCUT2D eigenvalue weighted by atomic mass is 15.8. The highest BCUT2D eigenvalue weighted by atomic mass is 32.5. The summed E-state index contributed by atoms with van der Waals surface area (Å²) >= 11 is 0. The Morgan fingerprint density at radius 3 is 2.40 bits per heavy atom. The first-order chi connectivity index (χ1) is 2.41. The molecule has 8 radical (unpaired) electrons. The first-order valence-corrected chi connectivity index (χ1v) is 4.90. The van der Waals surface area contributed by atoms with Crippen molar-refractivity contribution in [3.63, 3.8) is 0 Å². The second-order valence-electron chi connectivity index (χ2n) is 0.287. The highest BCUT2D eigenvalue weighted by Crippen LogP contribution is 1.79. The van der Waals surface area contributed by atoms with E-state index in [9.17, 15) is 0 Å². The van der Waals surface area contributed by atoms with E-state index in [4.69, 9.17) is 0 Å². The van der Waals surface area contributed by atoms with Gasteiger partial charge in [0.2, 0.25) is 10.5 Å². The van der Waals surface area contributed by atoms with Crippen LogP contribution in [0.25, 0.3) is 0 Å². The summed E-state index contributed by atoms with van der Waals surface area (Å²) in [6.45, 7) is 0. The third kappa shape index (κ3) is 4.96. The van der Waals surface area contributed by atoms with Crippen LogP contribution in [0.1, 0.15) is 0 Å². The van der Waals surface area contributed by atoms with Crippen LogP contribution >= 0.6 is 10.7 Å². The third-order valence-electron chi connectivity index (χ3n) is 0.0833. The minimum atomic E-state index is 0.441. The van der Waals surface area contributed by atoms with Gasteiger partial charge in [-0.15, -0.1) is 0 Å². The summed E-state index contributed by atoms with van der Waals surface area (Å²) in [4.78, 5) is 0. The van der Waals surface area contributed by atoms with E-state index in [0.29, 0.717) is 8.91 Å². The predicted octanol–water partition coefficient (Wildman–Crippen LogP) is -0.563. The first-order valence-electron chi connectivity index (χ1n) is 0.816. The average molecular weight is 132 g/mol. The Morgan fingerprint density at radius 2 is 2.40 bits per heavy atom. The van der Waals surface area contributed by atoms with Gasteiger partial charge < -0.3 is 4.12 Å². The zero-order chi connectivity index (χ0) is 4.12. The minimum absolute atomic E-state index is 0.441. The summed E-state index contributed by atoms with van der Waals surface area (Å²) in [7, 11) is 7.84. The number of rotatable bonds is 2. The molecule has 0 aromatic rings. The summed E-state index contributed by atoms with van der Waals surface area (Å²) in [5, 5.41) is 0. The maximum absolute atomic E-state index is 4.44. The molecule has 0 amide bonds. The summed E-state index contributed by atoms with van der Waals surface area (Å²) in [6.07, 6.45) is 0. The van der Waals surface area contributed by atoms with Crippen LogP contribution in [0.4, 0.5) is 0 Å². The topological polar surface area (TPSA) is 9.23 Å². The molecule has 0 spiro atoms. The van der Waals surface area contributed by atoms with Gasteiger partial charge in [-0.3, -0.25) is 0 Å². The van der Waals surface area contributed by atoms with Crippen LogP contribution in [-0.4, -0.2) is 28.8 Å². The van der Waals surface area contributed by atoms with Crippen molar-refractivity contribution in [2.75, 3.05) is 0 Å². The summed E-state index contributed by atoms with van der Waals surface area (Å²) in [6, 6.07) is 0. The van der Waals surface area contributed by atoms with Gasteiger partial charge in [-0.25, -0.2) is 0 Å². The molecule has 0 aromatic heterocycles. The molecule has 0 unspecified atom stereocenters. The second-order valence-corrected chi connectivity index (χ2v) is 4.42. The molecule has 0 rings (SSSR count). The van der Waals surface area contributed by atoms with Gasteiger partial charge in [0.15, 0.2) is 0 Å². The molecule has 24 valence electrons. The largest absolute Gasteiger partial charge is 0.449 e. The van der Waals surface area contributed by atoms with Crippen molar-refractivity contribution in [2.24, 2.45) is 0 Å². The molecule has 0 saturated carbocycles. The average Bonchev–Trinajstić information content (AvgIpc) is 1.41. The maximum Gasteiger partial charge on any atom is 0.293 e. The van der Waals surface area contributed by atoms with E-state index in [2.05, 4.69) is 24.0 Å². The normalized spacial score (nSPS) is 8.40. The van der Waals surface area contributed by atoms with Crippen LogP contribution in [0.15, 0.2) is 0 Å². The molecule has 0 aliphatic heterocycles. The molecular weight excluding hydrogens is 132 g/mol. The molecular formula is OSSi3. The monoisotopic (exact) mass is 132 g/mol. The SMILES string of the molecule is [Si]O[Si]S[Si]. The van der Waals surface area contributed by atoms with E-state index in [0.717, 1.165) is 0 Å². The Morgan fingerprint density at radius 1 is 1.80 bits per heavy atom. The van der Waals surface area contributed by atoms with Crippen molar-refractivity contribution in [2.45, 2.75) is 0 Å². The molecule has 0 N–H and O–H groups in total. The summed E-state index contributed by atoms with van der Waals surface area (Å²) in [5.41, 5.74) is 0. The summed E-state index contributed by atoms with van der Waals surface area (Å²) < 4.78 is 4.44. The first kappa shape index (κ1) is 5.96. The number of hydrogen-bond donors (Lipinski definition) is 0. The van der Waals surface area contributed by atoms with Crippen LogP contribution in [-0.2, 0) is 4.12 Å². The van der Waals surface area contributed by atoms with Crippen LogP contribution in [0.2, 0.25) is 0 Å². The van der Waals surface area contributed by atoms with Gasteiger partial charge in [0.1, 0.15) is 9.39 Å². The summed E-state index contributed by atoms with van der Waals surface area (Å²) in [5.74, 6) is 0. The van der Waals surface area contributed by atoms with Gasteiger partial charge in [-0.2, -0.15) is 10.7 Å². The molecule has 0 bridgehead atoms. The van der Waals surface area contributed by atoms with Crippen molar-refractivity contribution in [1.82, 2.24) is 0 Å². The van der Waals surface area contributed by atoms with Crippen molar-refractivity contribution in [3.05, 3.63) is 0 Å². The lowest BCUT2D eigenvalue weighted by Crippen LogP contribution is -1.85. The molecule has 0 heterocycles. The van der Waals surface area contributed by atoms with Gasteiger partial charge in [-0.1, -0.05) is 0 Å². The van der Waals surface area contributed by atoms with Gasteiger partial charge in [0.25, 0.3) is 8.91 Å². The van der Waals surface area contributed by atoms with Gasteiger partial charge in [0.05, 0.1) is 0 Å². The van der Waals surface area contributed by atoms with E-state index < -0.39 is 0 Å². The van der Waals surface area contributed by atoms with Crippen LogP contribution in [0.3, 0.4) is 0 Å². The smallest absolute Gasteiger partial charge is 0.293 e. The second kappa shape index (κ2) is 4.96. The fraction of sp³-hybridized carbons (Fsp3) is 0. The zero-order valence-corrected chi connectivity index (χ0v) is 6.13. The molecule has 5 heteroatoms. The zero-order valence-electron chi connectivity index (χ0n) is 2.32. The highest BCUT2D eigenvalue weighted by Gasteiger charge is 1.73. The lowest BCUT2D eigenvalue weighted by molar-refractivity contribution is 0.685. The molecule has 0 fully saturated rings. The molecule has 0 aromatic carbocycles. The van der Waals surface area contributed by atoms with Gasteiger partial charge in [-0.05, 0) is 0 Å². The van der Waals surface area contributed by atoms with Crippen LogP contribution < -0.4 is 0 Å². The van der Waals surface area contributed by atoms with Crippen LogP contribution in [0.5, 0.6) is 0 Å². The Hall–Kier alpha value is 0.961. The van der Waals surface area contributed by atoms with E-state index in [-0.39, 0.29) is 0 Å². The number of hydrogen-bond acceptors (Lipinski definition) is 2. The fourth-order valence-electron chi connectivity index (χ4n) is 0.0208. The highest BCUT2D eigenvalue weighted by molar-refractivity contribution is 8.38. The van der Waals surface area contributed by atoms with Crippen molar-refractivity contribution >= 4 is 39.5 Å².